The predicted molar refractivity (Wildman–Crippen MR) is 102 cm³/mol. The first kappa shape index (κ1) is 17.8. The van der Waals surface area contributed by atoms with Gasteiger partial charge in [-0.15, -0.1) is 0 Å². The van der Waals surface area contributed by atoms with Gasteiger partial charge in [-0.2, -0.15) is 0 Å². The maximum absolute atomic E-state index is 12.2. The third-order valence-electron chi connectivity index (χ3n) is 4.32. The summed E-state index contributed by atoms with van der Waals surface area (Å²) in [5, 5.41) is 8.50. The fourth-order valence-corrected chi connectivity index (χ4v) is 2.77. The third kappa shape index (κ3) is 4.14. The normalized spacial score (nSPS) is 14.1. The van der Waals surface area contributed by atoms with Gasteiger partial charge in [-0.05, 0) is 48.2 Å². The number of anilines is 2. The van der Waals surface area contributed by atoms with E-state index in [0.29, 0.717) is 17.4 Å². The summed E-state index contributed by atoms with van der Waals surface area (Å²) in [6.45, 7) is 6.17. The van der Waals surface area contributed by atoms with Gasteiger partial charge < -0.3 is 20.7 Å². The Balaban J connectivity index is 1.62. The zero-order valence-electron chi connectivity index (χ0n) is 15.1. The van der Waals surface area contributed by atoms with Crippen molar-refractivity contribution < 1.29 is 14.3 Å². The van der Waals surface area contributed by atoms with Crippen molar-refractivity contribution >= 4 is 23.3 Å². The quantitative estimate of drug-likeness (QED) is 0.776. The van der Waals surface area contributed by atoms with Crippen LogP contribution in [0.1, 0.15) is 43.9 Å². The number of hydrogen-bond donors (Lipinski definition) is 3. The number of nitrogens with one attached hydrogen (secondary N) is 3. The summed E-state index contributed by atoms with van der Waals surface area (Å²) >= 11 is 0. The van der Waals surface area contributed by atoms with Gasteiger partial charge in [0.05, 0.1) is 11.7 Å². The van der Waals surface area contributed by atoms with Crippen molar-refractivity contribution in [3.05, 3.63) is 53.6 Å². The molecule has 136 valence electrons. The molecule has 0 fully saturated rings. The standard InChI is InChI=1S/C20H23N3O3/c1-12(2)14-4-7-16(8-5-14)22-20(25)21-13(3)15-6-9-18-17(10-15)23-19(24)11-26-18/h4-10,12-13H,11H2,1-3H3,(H,23,24)(H2,21,22,25). The summed E-state index contributed by atoms with van der Waals surface area (Å²) < 4.78 is 5.35. The first-order valence-corrected chi connectivity index (χ1v) is 8.66. The lowest BCUT2D eigenvalue weighted by atomic mass is 10.0. The number of urea groups is 1. The van der Waals surface area contributed by atoms with Crippen LogP contribution in [0.3, 0.4) is 0 Å². The fourth-order valence-electron chi connectivity index (χ4n) is 2.77. The van der Waals surface area contributed by atoms with Gasteiger partial charge >= 0.3 is 6.03 Å². The van der Waals surface area contributed by atoms with Crippen molar-refractivity contribution in [1.82, 2.24) is 5.32 Å². The highest BCUT2D eigenvalue weighted by atomic mass is 16.5. The number of amides is 3. The lowest BCUT2D eigenvalue weighted by Crippen LogP contribution is -2.31. The van der Waals surface area contributed by atoms with Gasteiger partial charge in [0.25, 0.3) is 5.91 Å². The van der Waals surface area contributed by atoms with Crippen LogP contribution >= 0.6 is 0 Å². The number of fused-ring (bicyclic) bond motifs is 1. The molecule has 2 aromatic rings. The molecule has 6 nitrogen and oxygen atoms in total. The molecule has 0 saturated heterocycles. The van der Waals surface area contributed by atoms with Crippen LogP contribution in [0.15, 0.2) is 42.5 Å². The SMILES string of the molecule is CC(C)c1ccc(NC(=O)NC(C)c2ccc3c(c2)NC(=O)CO3)cc1. The van der Waals surface area contributed by atoms with Crippen LogP contribution in [0, 0.1) is 0 Å². The zero-order chi connectivity index (χ0) is 18.7. The molecule has 0 aliphatic carbocycles. The molecular weight excluding hydrogens is 330 g/mol. The van der Waals surface area contributed by atoms with Crippen molar-refractivity contribution in [2.24, 2.45) is 0 Å². The second-order valence-electron chi connectivity index (χ2n) is 6.69. The number of ether oxygens (including phenoxy) is 1. The van der Waals surface area contributed by atoms with Gasteiger partial charge in [-0.3, -0.25) is 4.79 Å². The van der Waals surface area contributed by atoms with E-state index in [1.54, 1.807) is 6.07 Å². The fraction of sp³-hybridized carbons (Fsp3) is 0.300. The maximum Gasteiger partial charge on any atom is 0.319 e. The third-order valence-corrected chi connectivity index (χ3v) is 4.32. The van der Waals surface area contributed by atoms with E-state index in [1.807, 2.05) is 43.3 Å². The lowest BCUT2D eigenvalue weighted by Gasteiger charge is -2.21. The first-order chi connectivity index (χ1) is 12.4. The van der Waals surface area contributed by atoms with E-state index in [2.05, 4.69) is 29.8 Å². The Bertz CT molecular complexity index is 816. The molecule has 0 radical (unpaired) electrons. The van der Waals surface area contributed by atoms with Gasteiger partial charge in [-0.25, -0.2) is 4.79 Å². The largest absolute Gasteiger partial charge is 0.482 e. The zero-order valence-corrected chi connectivity index (χ0v) is 15.1. The molecule has 2 aromatic carbocycles. The highest BCUT2D eigenvalue weighted by Gasteiger charge is 2.18. The second kappa shape index (κ2) is 7.47. The Morgan fingerprint density at radius 1 is 1.08 bits per heavy atom. The molecule has 3 amide bonds. The summed E-state index contributed by atoms with van der Waals surface area (Å²) in [4.78, 5) is 23.7. The van der Waals surface area contributed by atoms with E-state index in [-0.39, 0.29) is 24.6 Å². The van der Waals surface area contributed by atoms with Crippen molar-refractivity contribution in [3.8, 4) is 5.75 Å². The van der Waals surface area contributed by atoms with Gasteiger partial charge in [0.15, 0.2) is 6.61 Å². The molecule has 0 spiro atoms. The van der Waals surface area contributed by atoms with Crippen LogP contribution in [0.2, 0.25) is 0 Å². The number of carbonyl (C=O) groups excluding carboxylic acids is 2. The molecule has 1 unspecified atom stereocenters. The van der Waals surface area contributed by atoms with Crippen molar-refractivity contribution in [2.45, 2.75) is 32.7 Å². The highest BCUT2D eigenvalue weighted by molar-refractivity contribution is 5.95. The van der Waals surface area contributed by atoms with Crippen LogP contribution in [0.25, 0.3) is 0 Å². The van der Waals surface area contributed by atoms with E-state index in [1.165, 1.54) is 5.56 Å². The molecule has 0 bridgehead atoms. The minimum atomic E-state index is -0.284. The van der Waals surface area contributed by atoms with E-state index in [0.717, 1.165) is 11.3 Å². The number of rotatable bonds is 4. The lowest BCUT2D eigenvalue weighted by molar-refractivity contribution is -0.118. The smallest absolute Gasteiger partial charge is 0.319 e. The Morgan fingerprint density at radius 2 is 1.77 bits per heavy atom. The van der Waals surface area contributed by atoms with E-state index in [4.69, 9.17) is 4.74 Å². The molecule has 3 N–H and O–H groups in total. The Morgan fingerprint density at radius 3 is 2.46 bits per heavy atom. The van der Waals surface area contributed by atoms with E-state index < -0.39 is 0 Å². The molecular formula is C20H23N3O3. The Labute approximate surface area is 152 Å². The van der Waals surface area contributed by atoms with Crippen LogP contribution in [-0.2, 0) is 4.79 Å². The van der Waals surface area contributed by atoms with E-state index >= 15 is 0 Å². The monoisotopic (exact) mass is 353 g/mol. The molecule has 3 rings (SSSR count). The Hall–Kier alpha value is -3.02. The molecule has 0 aromatic heterocycles. The van der Waals surface area contributed by atoms with Crippen LogP contribution in [0.5, 0.6) is 5.75 Å². The number of hydrogen-bond acceptors (Lipinski definition) is 3. The highest BCUT2D eigenvalue weighted by Crippen LogP contribution is 2.30. The summed E-state index contributed by atoms with van der Waals surface area (Å²) in [5.74, 6) is 0.902. The van der Waals surface area contributed by atoms with Crippen LogP contribution in [-0.4, -0.2) is 18.5 Å². The summed E-state index contributed by atoms with van der Waals surface area (Å²) in [6.07, 6.45) is 0. The molecule has 26 heavy (non-hydrogen) atoms. The number of carbonyl (C=O) groups is 2. The molecule has 1 aliphatic heterocycles. The average Bonchev–Trinajstić information content (AvgIpc) is 2.61. The van der Waals surface area contributed by atoms with E-state index in [9.17, 15) is 9.59 Å². The number of benzene rings is 2. The van der Waals surface area contributed by atoms with Gasteiger partial charge in [-0.1, -0.05) is 32.0 Å². The summed E-state index contributed by atoms with van der Waals surface area (Å²) in [5.41, 5.74) is 3.46. The van der Waals surface area contributed by atoms with Crippen LogP contribution < -0.4 is 20.7 Å². The second-order valence-corrected chi connectivity index (χ2v) is 6.69. The summed E-state index contributed by atoms with van der Waals surface area (Å²) in [6, 6.07) is 12.8. The molecule has 6 heteroatoms. The Kier molecular flexibility index (Phi) is 5.11. The summed E-state index contributed by atoms with van der Waals surface area (Å²) in [7, 11) is 0. The van der Waals surface area contributed by atoms with Crippen molar-refractivity contribution in [1.29, 1.82) is 0 Å². The first-order valence-electron chi connectivity index (χ1n) is 8.66. The molecule has 1 heterocycles. The average molecular weight is 353 g/mol. The molecule has 1 aliphatic rings. The van der Waals surface area contributed by atoms with Crippen LogP contribution in [0.4, 0.5) is 16.2 Å². The van der Waals surface area contributed by atoms with Gasteiger partial charge in [0.2, 0.25) is 0 Å². The van der Waals surface area contributed by atoms with Crippen molar-refractivity contribution in [2.75, 3.05) is 17.2 Å². The minimum Gasteiger partial charge on any atom is -0.482 e. The molecule has 1 atom stereocenters. The predicted octanol–water partition coefficient (Wildman–Crippen LogP) is 4.02. The van der Waals surface area contributed by atoms with Gasteiger partial charge in [0.1, 0.15) is 5.75 Å². The van der Waals surface area contributed by atoms with Gasteiger partial charge in [0, 0.05) is 5.69 Å². The van der Waals surface area contributed by atoms with Crippen molar-refractivity contribution in [3.63, 3.8) is 0 Å². The molecule has 0 saturated carbocycles. The maximum atomic E-state index is 12.2. The topological polar surface area (TPSA) is 79.5 Å². The minimum absolute atomic E-state index is 0.0259.